The number of para-hydroxylation sites is 1. The van der Waals surface area contributed by atoms with Gasteiger partial charge < -0.3 is 9.84 Å². The maximum Gasteiger partial charge on any atom is 0.140 e. The highest BCUT2D eigenvalue weighted by Gasteiger charge is 2.03. The largest absolute Gasteiger partial charge is 0.492 e. The Labute approximate surface area is 83.1 Å². The summed E-state index contributed by atoms with van der Waals surface area (Å²) in [7, 11) is 0. The van der Waals surface area contributed by atoms with Gasteiger partial charge in [-0.2, -0.15) is 0 Å². The molecule has 2 nitrogen and oxygen atoms in total. The molecule has 13 heavy (non-hydrogen) atoms. The van der Waals surface area contributed by atoms with E-state index < -0.39 is 0 Å². The van der Waals surface area contributed by atoms with Crippen molar-refractivity contribution in [1.82, 2.24) is 0 Å². The summed E-state index contributed by atoms with van der Waals surface area (Å²) in [5, 5.41) is 9.19. The molecule has 0 bridgehead atoms. The second-order valence-electron chi connectivity index (χ2n) is 2.81. The van der Waals surface area contributed by atoms with E-state index in [-0.39, 0.29) is 6.61 Å². The number of ether oxygens (including phenoxy) is 1. The van der Waals surface area contributed by atoms with Gasteiger partial charge in [0.25, 0.3) is 0 Å². The van der Waals surface area contributed by atoms with Crippen LogP contribution in [-0.4, -0.2) is 18.3 Å². The fraction of sp³-hybridized carbons (Fsp3) is 0.400. The number of aliphatic hydroxyl groups is 1. The van der Waals surface area contributed by atoms with Crippen LogP contribution in [0.1, 0.15) is 12.0 Å². The third-order valence-electron chi connectivity index (χ3n) is 1.71. The van der Waals surface area contributed by atoms with Crippen molar-refractivity contribution in [3.63, 3.8) is 0 Å². The maximum absolute atomic E-state index is 8.57. The van der Waals surface area contributed by atoms with Gasteiger partial charge in [-0.05, 0) is 18.6 Å². The molecule has 3 heteroatoms. The number of aliphatic hydroxyl groups excluding tert-OH is 1. The summed E-state index contributed by atoms with van der Waals surface area (Å²) in [5.41, 5.74) is 1.02. The van der Waals surface area contributed by atoms with Gasteiger partial charge in [-0.15, -0.1) is 0 Å². The Kier molecular flexibility index (Phi) is 4.06. The van der Waals surface area contributed by atoms with Crippen LogP contribution in [0.4, 0.5) is 0 Å². The molecule has 0 saturated carbocycles. The SMILES string of the molecule is Cc1cccc(Cl)c1OCCCO. The molecule has 1 rings (SSSR count). The van der Waals surface area contributed by atoms with E-state index in [1.165, 1.54) is 0 Å². The second-order valence-corrected chi connectivity index (χ2v) is 3.22. The Bertz CT molecular complexity index is 253. The summed E-state index contributed by atoms with van der Waals surface area (Å²) in [6.45, 7) is 2.59. The van der Waals surface area contributed by atoms with Crippen molar-refractivity contribution in [3.05, 3.63) is 28.8 Å². The van der Waals surface area contributed by atoms with Crippen LogP contribution in [0.5, 0.6) is 5.75 Å². The van der Waals surface area contributed by atoms with Crippen molar-refractivity contribution in [2.75, 3.05) is 13.2 Å². The third kappa shape index (κ3) is 2.90. The molecule has 0 aliphatic rings. The monoisotopic (exact) mass is 200 g/mol. The average molecular weight is 201 g/mol. The zero-order valence-corrected chi connectivity index (χ0v) is 8.34. The Morgan fingerprint density at radius 2 is 2.23 bits per heavy atom. The molecular formula is C10H13ClO2. The van der Waals surface area contributed by atoms with Crippen LogP contribution in [0.15, 0.2) is 18.2 Å². The minimum atomic E-state index is 0.142. The lowest BCUT2D eigenvalue weighted by molar-refractivity contribution is 0.233. The van der Waals surface area contributed by atoms with E-state index in [4.69, 9.17) is 21.4 Å². The quantitative estimate of drug-likeness (QED) is 0.757. The maximum atomic E-state index is 8.57. The number of aryl methyl sites for hydroxylation is 1. The first kappa shape index (κ1) is 10.4. The first-order valence-corrected chi connectivity index (χ1v) is 4.62. The fourth-order valence-corrected chi connectivity index (χ4v) is 1.31. The normalized spacial score (nSPS) is 10.1. The molecule has 0 aliphatic heterocycles. The van der Waals surface area contributed by atoms with Crippen LogP contribution in [0.3, 0.4) is 0 Å². The molecule has 72 valence electrons. The Hall–Kier alpha value is -0.730. The van der Waals surface area contributed by atoms with E-state index in [1.54, 1.807) is 6.07 Å². The van der Waals surface area contributed by atoms with E-state index >= 15 is 0 Å². The molecule has 0 atom stereocenters. The van der Waals surface area contributed by atoms with Gasteiger partial charge in [-0.3, -0.25) is 0 Å². The van der Waals surface area contributed by atoms with Gasteiger partial charge in [-0.25, -0.2) is 0 Å². The molecule has 0 aliphatic carbocycles. The standard InChI is InChI=1S/C10H13ClO2/c1-8-4-2-5-9(11)10(8)13-7-3-6-12/h2,4-5,12H,3,6-7H2,1H3. The van der Waals surface area contributed by atoms with E-state index in [0.717, 1.165) is 11.3 Å². The van der Waals surface area contributed by atoms with Crippen LogP contribution in [0.25, 0.3) is 0 Å². The van der Waals surface area contributed by atoms with Gasteiger partial charge in [0, 0.05) is 13.0 Å². The molecule has 1 aromatic carbocycles. The predicted octanol–water partition coefficient (Wildman–Crippen LogP) is 2.41. The molecule has 1 N–H and O–H groups in total. The molecule has 0 spiro atoms. The number of hydrogen-bond donors (Lipinski definition) is 1. The van der Waals surface area contributed by atoms with Gasteiger partial charge in [0.15, 0.2) is 0 Å². The van der Waals surface area contributed by atoms with E-state index in [0.29, 0.717) is 18.1 Å². The zero-order valence-electron chi connectivity index (χ0n) is 7.59. The van der Waals surface area contributed by atoms with E-state index in [1.807, 2.05) is 19.1 Å². The molecule has 1 aromatic rings. The topological polar surface area (TPSA) is 29.5 Å². The van der Waals surface area contributed by atoms with Gasteiger partial charge >= 0.3 is 0 Å². The number of rotatable bonds is 4. The molecule has 0 radical (unpaired) electrons. The van der Waals surface area contributed by atoms with Crippen molar-refractivity contribution in [2.45, 2.75) is 13.3 Å². The third-order valence-corrected chi connectivity index (χ3v) is 2.01. The van der Waals surface area contributed by atoms with E-state index in [9.17, 15) is 0 Å². The van der Waals surface area contributed by atoms with Gasteiger partial charge in [0.1, 0.15) is 5.75 Å². The molecular weight excluding hydrogens is 188 g/mol. The summed E-state index contributed by atoms with van der Waals surface area (Å²) < 4.78 is 5.42. The molecule has 0 unspecified atom stereocenters. The fourth-order valence-electron chi connectivity index (χ4n) is 1.04. The minimum Gasteiger partial charge on any atom is -0.492 e. The highest BCUT2D eigenvalue weighted by molar-refractivity contribution is 6.32. The minimum absolute atomic E-state index is 0.142. The first-order chi connectivity index (χ1) is 6.25. The molecule has 0 aromatic heterocycles. The summed E-state index contributed by atoms with van der Waals surface area (Å²) in [5.74, 6) is 0.720. The van der Waals surface area contributed by atoms with Crippen molar-refractivity contribution >= 4 is 11.6 Å². The Balaban J connectivity index is 2.64. The van der Waals surface area contributed by atoms with Gasteiger partial charge in [0.05, 0.1) is 11.6 Å². The van der Waals surface area contributed by atoms with Crippen LogP contribution < -0.4 is 4.74 Å². The van der Waals surface area contributed by atoms with E-state index in [2.05, 4.69) is 0 Å². The van der Waals surface area contributed by atoms with Crippen LogP contribution in [0.2, 0.25) is 5.02 Å². The summed E-state index contributed by atoms with van der Waals surface area (Å²) in [6, 6.07) is 5.62. The Morgan fingerprint density at radius 3 is 2.85 bits per heavy atom. The van der Waals surface area contributed by atoms with Gasteiger partial charge in [0.2, 0.25) is 0 Å². The summed E-state index contributed by atoms with van der Waals surface area (Å²) in [6.07, 6.45) is 0.630. The zero-order chi connectivity index (χ0) is 9.68. The second kappa shape index (κ2) is 5.10. The molecule has 0 fully saturated rings. The number of hydrogen-bond acceptors (Lipinski definition) is 2. The lowest BCUT2D eigenvalue weighted by Crippen LogP contribution is -2.01. The summed E-state index contributed by atoms with van der Waals surface area (Å²) in [4.78, 5) is 0. The molecule has 0 heterocycles. The van der Waals surface area contributed by atoms with Crippen LogP contribution in [-0.2, 0) is 0 Å². The molecule has 0 saturated heterocycles. The highest BCUT2D eigenvalue weighted by Crippen LogP contribution is 2.27. The van der Waals surface area contributed by atoms with Crippen molar-refractivity contribution in [3.8, 4) is 5.75 Å². The number of halogens is 1. The van der Waals surface area contributed by atoms with Crippen LogP contribution in [0, 0.1) is 6.92 Å². The average Bonchev–Trinajstić information content (AvgIpc) is 2.10. The number of benzene rings is 1. The first-order valence-electron chi connectivity index (χ1n) is 4.24. The smallest absolute Gasteiger partial charge is 0.140 e. The van der Waals surface area contributed by atoms with Crippen molar-refractivity contribution in [2.24, 2.45) is 0 Å². The highest BCUT2D eigenvalue weighted by atomic mass is 35.5. The van der Waals surface area contributed by atoms with Crippen molar-refractivity contribution < 1.29 is 9.84 Å². The molecule has 0 amide bonds. The van der Waals surface area contributed by atoms with Crippen LogP contribution >= 0.6 is 11.6 Å². The summed E-state index contributed by atoms with van der Waals surface area (Å²) >= 11 is 5.92. The Morgan fingerprint density at radius 1 is 1.46 bits per heavy atom. The lowest BCUT2D eigenvalue weighted by atomic mass is 10.2. The van der Waals surface area contributed by atoms with Gasteiger partial charge in [-0.1, -0.05) is 23.7 Å². The van der Waals surface area contributed by atoms with Crippen molar-refractivity contribution in [1.29, 1.82) is 0 Å². The predicted molar refractivity (Wildman–Crippen MR) is 53.4 cm³/mol. The lowest BCUT2D eigenvalue weighted by Gasteiger charge is -2.09.